The van der Waals surface area contributed by atoms with Crippen LogP contribution in [-0.2, 0) is 37.5 Å². The molecule has 374 valence electrons. The molecular formula is C50H93NO12P+. The molecule has 0 heterocycles. The molecule has 0 bridgehead atoms. The zero-order chi connectivity index (χ0) is 47.5. The number of allylic oxidation sites excluding steroid dienone is 2. The van der Waals surface area contributed by atoms with Crippen molar-refractivity contribution in [2.24, 2.45) is 11.8 Å². The summed E-state index contributed by atoms with van der Waals surface area (Å²) in [5, 5.41) is 31.4. The second kappa shape index (κ2) is 37.1. The molecule has 1 aliphatic rings. The maximum atomic E-state index is 12.9. The number of quaternary nitrogens is 1. The third kappa shape index (κ3) is 33.5. The summed E-state index contributed by atoms with van der Waals surface area (Å²) in [5.74, 6) is -2.09. The molecule has 0 amide bonds. The van der Waals surface area contributed by atoms with Gasteiger partial charge in [0.2, 0.25) is 0 Å². The molecule has 13 nitrogen and oxygen atoms in total. The van der Waals surface area contributed by atoms with E-state index in [1.807, 2.05) is 21.1 Å². The van der Waals surface area contributed by atoms with Crippen LogP contribution < -0.4 is 0 Å². The minimum Gasteiger partial charge on any atom is -0.462 e. The molecule has 1 unspecified atom stereocenters. The Bertz CT molecular complexity index is 1320. The Kier molecular flexibility index (Phi) is 34.8. The highest BCUT2D eigenvalue weighted by atomic mass is 31.2. The molecular weight excluding hydrogens is 838 g/mol. The van der Waals surface area contributed by atoms with E-state index in [-0.39, 0.29) is 51.1 Å². The summed E-state index contributed by atoms with van der Waals surface area (Å²) < 4.78 is 34.3. The number of aliphatic hydroxyl groups is 3. The number of unbranched alkanes of at least 4 members (excludes halogenated alkanes) is 18. The van der Waals surface area contributed by atoms with Crippen molar-refractivity contribution < 1.29 is 62.2 Å². The maximum absolute atomic E-state index is 12.9. The van der Waals surface area contributed by atoms with Crippen molar-refractivity contribution in [1.82, 2.24) is 0 Å². The van der Waals surface area contributed by atoms with Gasteiger partial charge in [-0.15, -0.1) is 0 Å². The van der Waals surface area contributed by atoms with E-state index in [4.69, 9.17) is 18.5 Å². The van der Waals surface area contributed by atoms with Gasteiger partial charge >= 0.3 is 19.8 Å². The molecule has 1 aliphatic carbocycles. The number of carbonyl (C=O) groups is 3. The van der Waals surface area contributed by atoms with Crippen LogP contribution in [0.15, 0.2) is 24.3 Å². The molecule has 1 rings (SSSR count). The minimum atomic E-state index is -4.48. The quantitative estimate of drug-likeness (QED) is 0.0149. The van der Waals surface area contributed by atoms with Gasteiger partial charge in [-0.3, -0.25) is 23.4 Å². The summed E-state index contributed by atoms with van der Waals surface area (Å²) in [5.41, 5.74) is 0. The third-order valence-electron chi connectivity index (χ3n) is 11.9. The first-order valence-corrected chi connectivity index (χ1v) is 26.7. The highest BCUT2D eigenvalue weighted by Crippen LogP contribution is 2.43. The number of phosphoric acid groups is 1. The molecule has 0 aliphatic heterocycles. The lowest BCUT2D eigenvalue weighted by molar-refractivity contribution is -0.870. The number of Topliss-reactive ketones (excluding diaryl/α,β-unsaturated/α-hetero) is 1. The number of ether oxygens (including phenoxy) is 2. The lowest BCUT2D eigenvalue weighted by atomic mass is 9.87. The Hall–Kier alpha value is -1.96. The second-order valence-corrected chi connectivity index (χ2v) is 20.6. The topological polar surface area (TPSA) is 186 Å². The first-order chi connectivity index (χ1) is 30.6. The zero-order valence-corrected chi connectivity index (χ0v) is 41.7. The van der Waals surface area contributed by atoms with Crippen molar-refractivity contribution in [3.05, 3.63) is 24.3 Å². The number of nitrogens with zero attached hydrogens (tertiary/aromatic N) is 1. The number of esters is 2. The fourth-order valence-corrected chi connectivity index (χ4v) is 8.63. The van der Waals surface area contributed by atoms with Crippen LogP contribution in [0.2, 0.25) is 0 Å². The average Bonchev–Trinajstić information content (AvgIpc) is 3.50. The first kappa shape index (κ1) is 60.1. The molecule has 0 aromatic heterocycles. The highest BCUT2D eigenvalue weighted by molar-refractivity contribution is 7.47. The lowest BCUT2D eigenvalue weighted by Gasteiger charge is -2.24. The van der Waals surface area contributed by atoms with E-state index in [1.165, 1.54) is 83.5 Å². The number of likely N-dealkylation sites (N-methyl/N-ethyl adjacent to an activating group) is 1. The van der Waals surface area contributed by atoms with Crippen LogP contribution in [0.4, 0.5) is 0 Å². The van der Waals surface area contributed by atoms with Crippen LogP contribution in [-0.4, -0.2) is 114 Å². The molecule has 0 saturated heterocycles. The van der Waals surface area contributed by atoms with E-state index in [1.54, 1.807) is 12.2 Å². The van der Waals surface area contributed by atoms with Gasteiger partial charge in [0.25, 0.3) is 0 Å². The Balaban J connectivity index is 2.44. The summed E-state index contributed by atoms with van der Waals surface area (Å²) in [6.45, 7) is 3.89. The Morgan fingerprint density at radius 1 is 0.688 bits per heavy atom. The Morgan fingerprint density at radius 2 is 1.22 bits per heavy atom. The fourth-order valence-electron chi connectivity index (χ4n) is 7.89. The molecule has 1 fully saturated rings. The number of ketones is 1. The number of hydrogen-bond acceptors (Lipinski definition) is 11. The van der Waals surface area contributed by atoms with E-state index >= 15 is 0 Å². The van der Waals surface area contributed by atoms with Gasteiger partial charge in [0.05, 0.1) is 46.1 Å². The van der Waals surface area contributed by atoms with Crippen LogP contribution in [0, 0.1) is 11.8 Å². The minimum absolute atomic E-state index is 0.0351. The summed E-state index contributed by atoms with van der Waals surface area (Å²) in [7, 11) is 1.25. The molecule has 0 aromatic rings. The molecule has 0 spiro atoms. The third-order valence-corrected chi connectivity index (χ3v) is 12.9. The Morgan fingerprint density at radius 3 is 1.83 bits per heavy atom. The maximum Gasteiger partial charge on any atom is 0.472 e. The van der Waals surface area contributed by atoms with Crippen molar-refractivity contribution >= 4 is 25.5 Å². The predicted molar refractivity (Wildman–Crippen MR) is 254 cm³/mol. The van der Waals surface area contributed by atoms with E-state index in [9.17, 15) is 39.2 Å². The summed E-state index contributed by atoms with van der Waals surface area (Å²) in [6, 6.07) is 0. The number of rotatable bonds is 42. The molecule has 4 N–H and O–H groups in total. The average molecular weight is 931 g/mol. The van der Waals surface area contributed by atoms with E-state index < -0.39 is 62.6 Å². The smallest absolute Gasteiger partial charge is 0.462 e. The molecule has 0 radical (unpaired) electrons. The second-order valence-electron chi connectivity index (χ2n) is 19.2. The van der Waals surface area contributed by atoms with Crippen LogP contribution in [0.3, 0.4) is 0 Å². The Labute approximate surface area is 388 Å². The highest BCUT2D eigenvalue weighted by Gasteiger charge is 2.41. The van der Waals surface area contributed by atoms with Crippen LogP contribution in [0.1, 0.15) is 194 Å². The first-order valence-electron chi connectivity index (χ1n) is 25.2. The zero-order valence-electron chi connectivity index (χ0n) is 40.9. The van der Waals surface area contributed by atoms with Gasteiger partial charge in [0, 0.05) is 43.9 Å². The van der Waals surface area contributed by atoms with Crippen molar-refractivity contribution in [3.63, 3.8) is 0 Å². The van der Waals surface area contributed by atoms with Crippen molar-refractivity contribution in [1.29, 1.82) is 0 Å². The van der Waals surface area contributed by atoms with Gasteiger partial charge in [0.1, 0.15) is 25.5 Å². The molecule has 64 heavy (non-hydrogen) atoms. The largest absolute Gasteiger partial charge is 0.472 e. The van der Waals surface area contributed by atoms with Crippen LogP contribution in [0.25, 0.3) is 0 Å². The van der Waals surface area contributed by atoms with Crippen LogP contribution in [0.5, 0.6) is 0 Å². The molecule has 1 saturated carbocycles. The predicted octanol–water partition coefficient (Wildman–Crippen LogP) is 10.3. The van der Waals surface area contributed by atoms with Gasteiger partial charge < -0.3 is 34.2 Å². The number of hydrogen-bond donors (Lipinski definition) is 4. The van der Waals surface area contributed by atoms with E-state index in [0.29, 0.717) is 36.7 Å². The van der Waals surface area contributed by atoms with Gasteiger partial charge in [-0.25, -0.2) is 4.57 Å². The molecule has 7 atom stereocenters. The summed E-state index contributed by atoms with van der Waals surface area (Å²) >= 11 is 0. The van der Waals surface area contributed by atoms with Crippen molar-refractivity contribution in [3.8, 4) is 0 Å². The molecule has 0 aromatic carbocycles. The standard InChI is InChI=1S/C50H92NO12P/c1-6-8-10-11-12-13-14-15-16-17-18-19-20-21-22-23-24-25-27-32-49(56)60-40-44(41-62-64(58,59)61-37-36-51(3,4)5)63-50(57)33-29-28-31-43(53)38-46-45(47(54)39-48(46)55)35-34-42(52)30-26-9-7-2/h15-16,34-35,42,44-48,52,54-55H,6-14,17-33,36-41H2,1-5H3/p+1/b16-15-,35-34+/t42-,44+,45+,46+,47+,48-/m0/s1. The lowest BCUT2D eigenvalue weighted by Crippen LogP contribution is -2.37. The number of aliphatic hydroxyl groups excluding tert-OH is 3. The van der Waals surface area contributed by atoms with Crippen molar-refractivity contribution in [2.75, 3.05) is 47.5 Å². The summed E-state index contributed by atoms with van der Waals surface area (Å²) in [6.07, 6.45) is 29.9. The molecule has 14 heteroatoms. The van der Waals surface area contributed by atoms with Crippen LogP contribution >= 0.6 is 7.82 Å². The number of phosphoric ester groups is 1. The van der Waals surface area contributed by atoms with Gasteiger partial charge in [0.15, 0.2) is 6.10 Å². The van der Waals surface area contributed by atoms with E-state index in [2.05, 4.69) is 26.0 Å². The SMILES string of the molecule is CCCCCCCC/C=C\CCCCCCCCCCCC(=O)OC[C@H](COP(=O)(O)OCC[N+](C)(C)C)OC(=O)CCCCC(=O)C[C@@H]1[C@@H](/C=C/[C@@H](O)CCCCC)[C@H](O)C[C@@H]1O. The van der Waals surface area contributed by atoms with Gasteiger partial charge in [-0.05, 0) is 51.4 Å². The summed E-state index contributed by atoms with van der Waals surface area (Å²) in [4.78, 5) is 48.6. The van der Waals surface area contributed by atoms with Gasteiger partial charge in [-0.2, -0.15) is 0 Å². The normalized spacial score (nSPS) is 19.9. The fraction of sp³-hybridized carbons (Fsp3) is 0.860. The van der Waals surface area contributed by atoms with Crippen molar-refractivity contribution in [2.45, 2.75) is 218 Å². The van der Waals surface area contributed by atoms with E-state index in [0.717, 1.165) is 38.5 Å². The number of carbonyl (C=O) groups excluding carboxylic acids is 3. The van der Waals surface area contributed by atoms with Gasteiger partial charge in [-0.1, -0.05) is 134 Å². The monoisotopic (exact) mass is 931 g/mol.